The lowest BCUT2D eigenvalue weighted by atomic mass is 10.1. The molecule has 0 radical (unpaired) electrons. The van der Waals surface area contributed by atoms with Crippen LogP contribution in [0.25, 0.3) is 5.69 Å². The standard InChI is InChI=1S/C20H16Cl2N4O/c1-12-17(10-20(27)24-15-5-3-4-14(8-15)11-23)13(2)26(25-12)16-6-7-18(21)19(22)9-16/h3-9H,10H2,1-2H3,(H,24,27). The molecule has 27 heavy (non-hydrogen) atoms. The smallest absolute Gasteiger partial charge is 0.228 e. The zero-order valence-corrected chi connectivity index (χ0v) is 16.3. The molecule has 0 atom stereocenters. The summed E-state index contributed by atoms with van der Waals surface area (Å²) in [7, 11) is 0. The number of nitriles is 1. The van der Waals surface area contributed by atoms with Crippen LogP contribution >= 0.6 is 23.2 Å². The maximum absolute atomic E-state index is 12.5. The molecule has 0 saturated heterocycles. The highest BCUT2D eigenvalue weighted by atomic mass is 35.5. The van der Waals surface area contributed by atoms with E-state index in [2.05, 4.69) is 16.5 Å². The minimum Gasteiger partial charge on any atom is -0.326 e. The van der Waals surface area contributed by atoms with Crippen LogP contribution in [-0.4, -0.2) is 15.7 Å². The number of halogens is 2. The van der Waals surface area contributed by atoms with E-state index in [-0.39, 0.29) is 12.3 Å². The largest absolute Gasteiger partial charge is 0.326 e. The summed E-state index contributed by atoms with van der Waals surface area (Å²) in [6.45, 7) is 3.77. The van der Waals surface area contributed by atoms with Gasteiger partial charge < -0.3 is 5.32 Å². The molecule has 1 N–H and O–H groups in total. The molecular formula is C20H16Cl2N4O. The lowest BCUT2D eigenvalue weighted by Crippen LogP contribution is -2.15. The number of nitrogens with zero attached hydrogens (tertiary/aromatic N) is 3. The molecule has 136 valence electrons. The number of amides is 1. The van der Waals surface area contributed by atoms with E-state index in [9.17, 15) is 4.79 Å². The second kappa shape index (κ2) is 7.83. The molecule has 0 spiro atoms. The van der Waals surface area contributed by atoms with Gasteiger partial charge in [0.05, 0.1) is 39.5 Å². The first-order valence-electron chi connectivity index (χ1n) is 8.19. The van der Waals surface area contributed by atoms with Gasteiger partial charge in [0, 0.05) is 16.9 Å². The predicted molar refractivity (Wildman–Crippen MR) is 107 cm³/mol. The van der Waals surface area contributed by atoms with E-state index < -0.39 is 0 Å². The first kappa shape index (κ1) is 19.0. The molecule has 0 aliphatic rings. The van der Waals surface area contributed by atoms with Gasteiger partial charge in [0.2, 0.25) is 5.91 Å². The van der Waals surface area contributed by atoms with E-state index in [1.807, 2.05) is 19.9 Å². The van der Waals surface area contributed by atoms with Gasteiger partial charge in [-0.15, -0.1) is 0 Å². The Hall–Kier alpha value is -2.81. The van der Waals surface area contributed by atoms with Crippen molar-refractivity contribution in [3.63, 3.8) is 0 Å². The maximum atomic E-state index is 12.5. The van der Waals surface area contributed by atoms with E-state index in [1.165, 1.54) is 0 Å². The van der Waals surface area contributed by atoms with Crippen molar-refractivity contribution in [3.05, 3.63) is 75.0 Å². The number of rotatable bonds is 4. The molecule has 1 heterocycles. The number of nitrogens with one attached hydrogen (secondary N) is 1. The Morgan fingerprint density at radius 2 is 1.96 bits per heavy atom. The molecule has 3 rings (SSSR count). The zero-order valence-electron chi connectivity index (χ0n) is 14.8. The molecular weight excluding hydrogens is 383 g/mol. The minimum atomic E-state index is -0.176. The van der Waals surface area contributed by atoms with Gasteiger partial charge in [0.15, 0.2) is 0 Å². The number of anilines is 1. The van der Waals surface area contributed by atoms with E-state index >= 15 is 0 Å². The quantitative estimate of drug-likeness (QED) is 0.682. The molecule has 0 fully saturated rings. The first-order chi connectivity index (χ1) is 12.9. The Morgan fingerprint density at radius 3 is 2.67 bits per heavy atom. The Bertz CT molecular complexity index is 1070. The van der Waals surface area contributed by atoms with Gasteiger partial charge in [-0.1, -0.05) is 29.3 Å². The van der Waals surface area contributed by atoms with Crippen molar-refractivity contribution in [2.75, 3.05) is 5.32 Å². The molecule has 0 aliphatic heterocycles. The van der Waals surface area contributed by atoms with Crippen molar-refractivity contribution in [2.45, 2.75) is 20.3 Å². The summed E-state index contributed by atoms with van der Waals surface area (Å²) < 4.78 is 1.75. The molecule has 1 amide bonds. The van der Waals surface area contributed by atoms with Gasteiger partial charge in [-0.05, 0) is 50.2 Å². The number of aryl methyl sites for hydroxylation is 1. The van der Waals surface area contributed by atoms with Crippen molar-refractivity contribution in [3.8, 4) is 11.8 Å². The third-order valence-electron chi connectivity index (χ3n) is 4.20. The Morgan fingerprint density at radius 1 is 1.19 bits per heavy atom. The van der Waals surface area contributed by atoms with E-state index in [0.717, 1.165) is 22.6 Å². The Balaban J connectivity index is 1.83. The summed E-state index contributed by atoms with van der Waals surface area (Å²) in [6.07, 6.45) is 0.176. The maximum Gasteiger partial charge on any atom is 0.228 e. The molecule has 1 aromatic heterocycles. The lowest BCUT2D eigenvalue weighted by molar-refractivity contribution is -0.115. The fraction of sp³-hybridized carbons (Fsp3) is 0.150. The van der Waals surface area contributed by atoms with Gasteiger partial charge in [-0.2, -0.15) is 10.4 Å². The van der Waals surface area contributed by atoms with Gasteiger partial charge >= 0.3 is 0 Å². The second-order valence-electron chi connectivity index (χ2n) is 6.08. The minimum absolute atomic E-state index is 0.176. The van der Waals surface area contributed by atoms with Crippen LogP contribution in [0.4, 0.5) is 5.69 Å². The number of carbonyl (C=O) groups excluding carboxylic acids is 1. The summed E-state index contributed by atoms with van der Waals surface area (Å²) in [4.78, 5) is 12.5. The third-order valence-corrected chi connectivity index (χ3v) is 4.94. The summed E-state index contributed by atoms with van der Waals surface area (Å²) >= 11 is 12.1. The Kier molecular flexibility index (Phi) is 5.50. The summed E-state index contributed by atoms with van der Waals surface area (Å²) in [5.41, 5.74) is 4.32. The fourth-order valence-electron chi connectivity index (χ4n) is 2.83. The number of aromatic nitrogens is 2. The van der Waals surface area contributed by atoms with Crippen LogP contribution in [0, 0.1) is 25.2 Å². The number of hydrogen-bond acceptors (Lipinski definition) is 3. The summed E-state index contributed by atoms with van der Waals surface area (Å²) in [5.74, 6) is -0.176. The van der Waals surface area contributed by atoms with Crippen LogP contribution in [0.1, 0.15) is 22.5 Å². The van der Waals surface area contributed by atoms with Gasteiger partial charge in [-0.3, -0.25) is 4.79 Å². The Labute approximate surface area is 167 Å². The number of benzene rings is 2. The lowest BCUT2D eigenvalue weighted by Gasteiger charge is -2.08. The van der Waals surface area contributed by atoms with Crippen molar-refractivity contribution < 1.29 is 4.79 Å². The highest BCUT2D eigenvalue weighted by Crippen LogP contribution is 2.26. The molecule has 0 saturated carbocycles. The number of carbonyl (C=O) groups is 1. The summed E-state index contributed by atoms with van der Waals surface area (Å²) in [5, 5.41) is 17.2. The van der Waals surface area contributed by atoms with Gasteiger partial charge in [0.1, 0.15) is 0 Å². The van der Waals surface area contributed by atoms with Gasteiger partial charge in [-0.25, -0.2) is 4.68 Å². The van der Waals surface area contributed by atoms with Crippen molar-refractivity contribution in [1.82, 2.24) is 9.78 Å². The molecule has 0 bridgehead atoms. The van der Waals surface area contributed by atoms with Crippen molar-refractivity contribution in [1.29, 1.82) is 5.26 Å². The average Bonchev–Trinajstić information content (AvgIpc) is 2.92. The molecule has 5 nitrogen and oxygen atoms in total. The predicted octanol–water partition coefficient (Wildman–Crippen LogP) is 4.85. The fourth-order valence-corrected chi connectivity index (χ4v) is 3.12. The van der Waals surface area contributed by atoms with Gasteiger partial charge in [0.25, 0.3) is 0 Å². The van der Waals surface area contributed by atoms with Crippen LogP contribution in [0.2, 0.25) is 10.0 Å². The molecule has 2 aromatic carbocycles. The topological polar surface area (TPSA) is 70.7 Å². The second-order valence-corrected chi connectivity index (χ2v) is 6.89. The van der Waals surface area contributed by atoms with E-state index in [0.29, 0.717) is 21.3 Å². The first-order valence-corrected chi connectivity index (χ1v) is 8.95. The monoisotopic (exact) mass is 398 g/mol. The molecule has 7 heteroatoms. The van der Waals surface area contributed by atoms with Crippen molar-refractivity contribution >= 4 is 34.8 Å². The van der Waals surface area contributed by atoms with Crippen molar-refractivity contribution in [2.24, 2.45) is 0 Å². The van der Waals surface area contributed by atoms with E-state index in [4.69, 9.17) is 28.5 Å². The highest BCUT2D eigenvalue weighted by Gasteiger charge is 2.16. The summed E-state index contributed by atoms with van der Waals surface area (Å²) in [6, 6.07) is 14.1. The highest BCUT2D eigenvalue weighted by molar-refractivity contribution is 6.42. The normalized spacial score (nSPS) is 10.5. The van der Waals surface area contributed by atoms with Crippen LogP contribution < -0.4 is 5.32 Å². The van der Waals surface area contributed by atoms with Crippen LogP contribution in [0.3, 0.4) is 0 Å². The average molecular weight is 399 g/mol. The van der Waals surface area contributed by atoms with E-state index in [1.54, 1.807) is 41.1 Å². The molecule has 0 unspecified atom stereocenters. The van der Waals surface area contributed by atoms with Crippen LogP contribution in [0.15, 0.2) is 42.5 Å². The zero-order chi connectivity index (χ0) is 19.6. The number of hydrogen-bond donors (Lipinski definition) is 1. The third kappa shape index (κ3) is 4.13. The molecule has 3 aromatic rings. The SMILES string of the molecule is Cc1nn(-c2ccc(Cl)c(Cl)c2)c(C)c1CC(=O)Nc1cccc(C#N)c1. The van der Waals surface area contributed by atoms with Crippen LogP contribution in [-0.2, 0) is 11.2 Å². The molecule has 0 aliphatic carbocycles. The van der Waals surface area contributed by atoms with Crippen LogP contribution in [0.5, 0.6) is 0 Å².